The van der Waals surface area contributed by atoms with E-state index in [1.54, 1.807) is 11.3 Å². The maximum Gasteiger partial charge on any atom is 0.306 e. The molecule has 0 radical (unpaired) electrons. The van der Waals surface area contributed by atoms with Gasteiger partial charge in [0.15, 0.2) is 5.82 Å². The summed E-state index contributed by atoms with van der Waals surface area (Å²) in [6.07, 6.45) is -0.131. The van der Waals surface area contributed by atoms with Crippen molar-refractivity contribution in [3.05, 3.63) is 57.5 Å². The average molecular weight is 451 g/mol. The van der Waals surface area contributed by atoms with Gasteiger partial charge in [-0.15, -0.1) is 21.5 Å². The van der Waals surface area contributed by atoms with Gasteiger partial charge in [-0.2, -0.15) is 0 Å². The summed E-state index contributed by atoms with van der Waals surface area (Å²) < 4.78 is 1.99. The van der Waals surface area contributed by atoms with Gasteiger partial charge in [-0.1, -0.05) is 12.1 Å². The van der Waals surface area contributed by atoms with Crippen LogP contribution in [0.25, 0.3) is 5.00 Å². The summed E-state index contributed by atoms with van der Waals surface area (Å²) >= 11 is 1.68. The maximum absolute atomic E-state index is 11.7. The van der Waals surface area contributed by atoms with Crippen molar-refractivity contribution < 1.29 is 9.90 Å². The van der Waals surface area contributed by atoms with E-state index >= 15 is 0 Å². The first-order valence-corrected chi connectivity index (χ1v) is 11.6. The lowest BCUT2D eigenvalue weighted by Gasteiger charge is -2.29. The number of nitrogens with one attached hydrogen (secondary N) is 1. The Bertz CT molecular complexity index is 1200. The molecule has 0 amide bonds. The van der Waals surface area contributed by atoms with Crippen molar-refractivity contribution in [1.29, 1.82) is 0 Å². The third-order valence-electron chi connectivity index (χ3n) is 6.23. The number of piperazine rings is 1. The van der Waals surface area contributed by atoms with Gasteiger partial charge in [0.1, 0.15) is 16.9 Å². The Labute approximate surface area is 190 Å². The Hall–Kier alpha value is -3.04. The zero-order valence-electron chi connectivity index (χ0n) is 18.4. The van der Waals surface area contributed by atoms with Gasteiger partial charge in [0.25, 0.3) is 0 Å². The van der Waals surface area contributed by atoms with Crippen LogP contribution in [0.2, 0.25) is 0 Å². The standard InChI is InChI=1S/C23H26N6O2S/c1-13-14(2)32-23-20(13)21(16-4-6-17(7-5-16)28-10-8-24-9-11-28)25-18(12-19(30)31)22-27-26-15(3)29(22)23/h4-7,18,24H,8-12H2,1-3H3,(H,30,31)/t18-/m0/s1. The molecule has 2 aliphatic rings. The topological polar surface area (TPSA) is 95.6 Å². The predicted molar refractivity (Wildman–Crippen MR) is 126 cm³/mol. The second kappa shape index (κ2) is 8.14. The highest BCUT2D eigenvalue weighted by Crippen LogP contribution is 2.39. The number of fused-ring (bicyclic) bond motifs is 3. The third-order valence-corrected chi connectivity index (χ3v) is 7.42. The highest BCUT2D eigenvalue weighted by molar-refractivity contribution is 7.15. The van der Waals surface area contributed by atoms with Crippen molar-refractivity contribution in [2.45, 2.75) is 33.2 Å². The Morgan fingerprint density at radius 3 is 2.56 bits per heavy atom. The molecule has 5 rings (SSSR count). The van der Waals surface area contributed by atoms with Gasteiger partial charge >= 0.3 is 5.97 Å². The molecular weight excluding hydrogens is 424 g/mol. The molecule has 166 valence electrons. The number of nitrogens with zero attached hydrogens (tertiary/aromatic N) is 5. The summed E-state index contributed by atoms with van der Waals surface area (Å²) in [5.74, 6) is 0.417. The number of carboxylic acids is 1. The van der Waals surface area contributed by atoms with Gasteiger partial charge in [-0.05, 0) is 38.5 Å². The minimum atomic E-state index is -0.905. The first-order valence-electron chi connectivity index (χ1n) is 10.8. The first kappa shape index (κ1) is 20.8. The van der Waals surface area contributed by atoms with Crippen LogP contribution < -0.4 is 10.2 Å². The summed E-state index contributed by atoms with van der Waals surface area (Å²) in [5.41, 5.74) is 5.20. The van der Waals surface area contributed by atoms with Crippen molar-refractivity contribution in [1.82, 2.24) is 20.1 Å². The zero-order valence-corrected chi connectivity index (χ0v) is 19.2. The highest BCUT2D eigenvalue weighted by Gasteiger charge is 2.32. The molecular formula is C23H26N6O2S. The van der Waals surface area contributed by atoms with Gasteiger partial charge in [0, 0.05) is 47.9 Å². The van der Waals surface area contributed by atoms with Crippen molar-refractivity contribution in [2.24, 2.45) is 4.99 Å². The van der Waals surface area contributed by atoms with E-state index < -0.39 is 12.0 Å². The summed E-state index contributed by atoms with van der Waals surface area (Å²) in [6, 6.07) is 7.88. The number of hydrogen-bond acceptors (Lipinski definition) is 7. The van der Waals surface area contributed by atoms with E-state index in [2.05, 4.69) is 58.5 Å². The first-order chi connectivity index (χ1) is 15.4. The van der Waals surface area contributed by atoms with Crippen LogP contribution in [0.1, 0.15) is 45.7 Å². The number of carboxylic acid groups (broad SMARTS) is 1. The van der Waals surface area contributed by atoms with Crippen molar-refractivity contribution in [3.8, 4) is 5.00 Å². The Morgan fingerprint density at radius 2 is 1.88 bits per heavy atom. The van der Waals surface area contributed by atoms with Crippen LogP contribution in [0, 0.1) is 20.8 Å². The molecule has 1 atom stereocenters. The molecule has 3 aromatic rings. The van der Waals surface area contributed by atoms with Crippen molar-refractivity contribution >= 4 is 28.7 Å². The minimum absolute atomic E-state index is 0.131. The van der Waals surface area contributed by atoms with Gasteiger partial charge in [0.05, 0.1) is 12.1 Å². The quantitative estimate of drug-likeness (QED) is 0.634. The van der Waals surface area contributed by atoms with Crippen molar-refractivity contribution in [2.75, 3.05) is 31.1 Å². The van der Waals surface area contributed by atoms with Gasteiger partial charge in [0.2, 0.25) is 0 Å². The van der Waals surface area contributed by atoms with E-state index in [4.69, 9.17) is 4.99 Å². The summed E-state index contributed by atoms with van der Waals surface area (Å²) in [7, 11) is 0. The number of anilines is 1. The molecule has 0 aliphatic carbocycles. The fourth-order valence-corrected chi connectivity index (χ4v) is 5.66. The van der Waals surface area contributed by atoms with E-state index in [9.17, 15) is 9.90 Å². The Kier molecular flexibility index (Phi) is 5.30. The molecule has 1 fully saturated rings. The van der Waals surface area contributed by atoms with Crippen LogP contribution in [0.15, 0.2) is 29.3 Å². The lowest BCUT2D eigenvalue weighted by Crippen LogP contribution is -2.43. The van der Waals surface area contributed by atoms with E-state index in [0.29, 0.717) is 5.82 Å². The van der Waals surface area contributed by atoms with Gasteiger partial charge in [-0.25, -0.2) is 0 Å². The van der Waals surface area contributed by atoms with E-state index in [1.807, 2.05) is 11.5 Å². The number of aliphatic imine (C=N–C) groups is 1. The average Bonchev–Trinajstić information content (AvgIpc) is 3.26. The summed E-state index contributed by atoms with van der Waals surface area (Å²) in [6.45, 7) is 10.1. The number of rotatable bonds is 4. The number of hydrogen-bond donors (Lipinski definition) is 2. The van der Waals surface area contributed by atoms with E-state index in [0.717, 1.165) is 59.4 Å². The molecule has 1 aromatic carbocycles. The number of aromatic nitrogens is 3. The zero-order chi connectivity index (χ0) is 22.4. The molecule has 0 saturated carbocycles. The lowest BCUT2D eigenvalue weighted by atomic mass is 9.99. The van der Waals surface area contributed by atoms with Crippen LogP contribution in [0.5, 0.6) is 0 Å². The van der Waals surface area contributed by atoms with E-state index in [-0.39, 0.29) is 6.42 Å². The summed E-state index contributed by atoms with van der Waals surface area (Å²) in [5, 5.41) is 22.5. The lowest BCUT2D eigenvalue weighted by molar-refractivity contribution is -0.137. The van der Waals surface area contributed by atoms with E-state index in [1.165, 1.54) is 10.6 Å². The van der Waals surface area contributed by atoms with Gasteiger partial charge in [-0.3, -0.25) is 14.4 Å². The second-order valence-corrected chi connectivity index (χ2v) is 9.48. The maximum atomic E-state index is 11.7. The molecule has 2 aromatic heterocycles. The SMILES string of the molecule is Cc1sc2c(c1C)C(c1ccc(N3CCNCC3)cc1)=N[C@@H](CC(=O)O)c1nnc(C)n1-2. The molecule has 2 aliphatic heterocycles. The number of thiophene rings is 1. The van der Waals surface area contributed by atoms with Gasteiger partial charge < -0.3 is 15.3 Å². The van der Waals surface area contributed by atoms with Crippen molar-refractivity contribution in [3.63, 3.8) is 0 Å². The van der Waals surface area contributed by atoms with Crippen LogP contribution >= 0.6 is 11.3 Å². The van der Waals surface area contributed by atoms with Crippen LogP contribution in [-0.2, 0) is 4.79 Å². The van der Waals surface area contributed by atoms with Crippen LogP contribution in [0.4, 0.5) is 5.69 Å². The molecule has 0 spiro atoms. The van der Waals surface area contributed by atoms with Crippen LogP contribution in [0.3, 0.4) is 0 Å². The predicted octanol–water partition coefficient (Wildman–Crippen LogP) is 3.03. The normalized spacial score (nSPS) is 18.0. The minimum Gasteiger partial charge on any atom is -0.481 e. The number of carbonyl (C=O) groups is 1. The monoisotopic (exact) mass is 450 g/mol. The molecule has 9 heteroatoms. The molecule has 1 saturated heterocycles. The Balaban J connectivity index is 1.65. The number of benzene rings is 1. The largest absolute Gasteiger partial charge is 0.481 e. The number of aryl methyl sites for hydroxylation is 2. The fraction of sp³-hybridized carbons (Fsp3) is 0.391. The molecule has 32 heavy (non-hydrogen) atoms. The molecule has 0 unspecified atom stereocenters. The molecule has 2 N–H and O–H groups in total. The Morgan fingerprint density at radius 1 is 1.16 bits per heavy atom. The highest BCUT2D eigenvalue weighted by atomic mass is 32.1. The molecule has 4 heterocycles. The second-order valence-electron chi connectivity index (χ2n) is 8.28. The third kappa shape index (κ3) is 3.51. The summed E-state index contributed by atoms with van der Waals surface area (Å²) in [4.78, 5) is 20.2. The number of aliphatic carboxylic acids is 1. The smallest absolute Gasteiger partial charge is 0.306 e. The fourth-order valence-electron chi connectivity index (χ4n) is 4.44. The molecule has 8 nitrogen and oxygen atoms in total. The van der Waals surface area contributed by atoms with Crippen LogP contribution in [-0.4, -0.2) is 57.7 Å². The molecule has 0 bridgehead atoms.